The minimum absolute atomic E-state index is 0.176. The number of ether oxygens (including phenoxy) is 1. The maximum Gasteiger partial charge on any atom is 0.226 e. The quantitative estimate of drug-likeness (QED) is 0.745. The van der Waals surface area contributed by atoms with Gasteiger partial charge < -0.3 is 10.1 Å². The van der Waals surface area contributed by atoms with E-state index < -0.39 is 0 Å². The van der Waals surface area contributed by atoms with E-state index in [-0.39, 0.29) is 11.8 Å². The van der Waals surface area contributed by atoms with Crippen LogP contribution in [0, 0.1) is 0 Å². The Labute approximate surface area is 160 Å². The zero-order chi connectivity index (χ0) is 18.4. The highest BCUT2D eigenvalue weighted by atomic mass is 32.1. The van der Waals surface area contributed by atoms with E-state index in [2.05, 4.69) is 5.32 Å². The zero-order valence-corrected chi connectivity index (χ0v) is 15.6. The van der Waals surface area contributed by atoms with Gasteiger partial charge in [-0.15, -0.1) is 16.4 Å². The molecule has 1 aromatic carbocycles. The number of anilines is 1. The molecule has 1 aliphatic carbocycles. The molecule has 3 aromatic rings. The number of methoxy groups -OCH3 is 1. The average Bonchev–Trinajstić information content (AvgIpc) is 3.36. The first kappa shape index (κ1) is 16.3. The van der Waals surface area contributed by atoms with Gasteiger partial charge in [-0.2, -0.15) is 4.98 Å². The van der Waals surface area contributed by atoms with Gasteiger partial charge in [0.15, 0.2) is 11.6 Å². The number of allylic oxidation sites excluding steroid dienone is 2. The first-order valence-electron chi connectivity index (χ1n) is 8.92. The summed E-state index contributed by atoms with van der Waals surface area (Å²) in [4.78, 5) is 18.5. The highest BCUT2D eigenvalue weighted by Gasteiger charge is 2.37. The van der Waals surface area contributed by atoms with Gasteiger partial charge in [-0.3, -0.25) is 4.79 Å². The van der Waals surface area contributed by atoms with Crippen molar-refractivity contribution in [2.24, 2.45) is 0 Å². The molecule has 1 N–H and O–H groups in total. The van der Waals surface area contributed by atoms with E-state index in [4.69, 9.17) is 14.8 Å². The van der Waals surface area contributed by atoms with Crippen molar-refractivity contribution in [2.45, 2.75) is 25.3 Å². The summed E-state index contributed by atoms with van der Waals surface area (Å²) < 4.78 is 7.24. The molecule has 0 bridgehead atoms. The second-order valence-electron chi connectivity index (χ2n) is 6.65. The van der Waals surface area contributed by atoms with Crippen LogP contribution in [0.15, 0.2) is 53.0 Å². The van der Waals surface area contributed by atoms with Crippen LogP contribution in [0.5, 0.6) is 5.75 Å². The largest absolute Gasteiger partial charge is 0.497 e. The first-order chi connectivity index (χ1) is 13.2. The molecular weight excluding hydrogens is 360 g/mol. The Kier molecular flexibility index (Phi) is 3.82. The fourth-order valence-corrected chi connectivity index (χ4v) is 4.44. The highest BCUT2D eigenvalue weighted by Crippen LogP contribution is 2.41. The lowest BCUT2D eigenvalue weighted by molar-refractivity contribution is -0.116. The molecule has 0 radical (unpaired) electrons. The van der Waals surface area contributed by atoms with Gasteiger partial charge in [-0.1, -0.05) is 18.2 Å². The zero-order valence-electron chi connectivity index (χ0n) is 14.8. The number of carbonyl (C=O) groups excluding carboxylic acids is 1. The average molecular weight is 378 g/mol. The van der Waals surface area contributed by atoms with Crippen molar-refractivity contribution in [3.63, 3.8) is 0 Å². The molecule has 2 aromatic heterocycles. The molecule has 7 heteroatoms. The Morgan fingerprint density at radius 1 is 1.26 bits per heavy atom. The van der Waals surface area contributed by atoms with Gasteiger partial charge in [0.25, 0.3) is 0 Å². The van der Waals surface area contributed by atoms with E-state index in [1.807, 2.05) is 46.5 Å². The molecule has 1 atom stereocenters. The minimum atomic E-state index is -0.291. The molecule has 6 nitrogen and oxygen atoms in total. The third-order valence-electron chi connectivity index (χ3n) is 5.02. The number of benzene rings is 1. The number of nitrogens with zero attached hydrogens (tertiary/aromatic N) is 3. The SMILES string of the molecule is COc1cccc(C2C3=C(CCCC3=O)Nc3nc(-c4cccs4)nn32)c1. The molecule has 0 amide bonds. The predicted octanol–water partition coefficient (Wildman–Crippen LogP) is 4.04. The van der Waals surface area contributed by atoms with E-state index >= 15 is 0 Å². The van der Waals surface area contributed by atoms with Crippen molar-refractivity contribution in [3.05, 3.63) is 58.6 Å². The van der Waals surface area contributed by atoms with Crippen LogP contribution in [0.1, 0.15) is 30.9 Å². The Morgan fingerprint density at radius 3 is 3.00 bits per heavy atom. The van der Waals surface area contributed by atoms with Crippen LogP contribution in [-0.2, 0) is 4.79 Å². The minimum Gasteiger partial charge on any atom is -0.497 e. The number of nitrogens with one attached hydrogen (secondary N) is 1. The lowest BCUT2D eigenvalue weighted by atomic mass is 9.85. The third kappa shape index (κ3) is 2.66. The van der Waals surface area contributed by atoms with Gasteiger partial charge in [0.05, 0.1) is 12.0 Å². The summed E-state index contributed by atoms with van der Waals surface area (Å²) >= 11 is 1.60. The number of hydrogen-bond donors (Lipinski definition) is 1. The van der Waals surface area contributed by atoms with Crippen molar-refractivity contribution in [2.75, 3.05) is 12.4 Å². The van der Waals surface area contributed by atoms with E-state index in [9.17, 15) is 4.79 Å². The van der Waals surface area contributed by atoms with E-state index in [1.165, 1.54) is 0 Å². The second kappa shape index (κ2) is 6.35. The molecule has 1 aliphatic heterocycles. The van der Waals surface area contributed by atoms with Crippen molar-refractivity contribution < 1.29 is 9.53 Å². The first-order valence-corrected chi connectivity index (χ1v) is 9.80. The smallest absolute Gasteiger partial charge is 0.226 e. The van der Waals surface area contributed by atoms with Crippen molar-refractivity contribution in [1.29, 1.82) is 0 Å². The molecule has 0 saturated carbocycles. The van der Waals surface area contributed by atoms with Crippen LogP contribution in [0.25, 0.3) is 10.7 Å². The summed E-state index contributed by atoms with van der Waals surface area (Å²) in [6, 6.07) is 11.5. The van der Waals surface area contributed by atoms with E-state index in [1.54, 1.807) is 18.4 Å². The Hall–Kier alpha value is -2.93. The van der Waals surface area contributed by atoms with E-state index in [0.717, 1.165) is 40.3 Å². The summed E-state index contributed by atoms with van der Waals surface area (Å²) in [5.41, 5.74) is 2.74. The fraction of sp³-hybridized carbons (Fsp3) is 0.250. The molecule has 2 aliphatic rings. The topological polar surface area (TPSA) is 69.0 Å². The number of hydrogen-bond acceptors (Lipinski definition) is 6. The number of fused-ring (bicyclic) bond motifs is 1. The van der Waals surface area contributed by atoms with E-state index in [0.29, 0.717) is 18.2 Å². The summed E-state index contributed by atoms with van der Waals surface area (Å²) in [5.74, 6) is 2.29. The molecule has 136 valence electrons. The number of rotatable bonds is 3. The summed E-state index contributed by atoms with van der Waals surface area (Å²) in [7, 11) is 1.65. The Balaban J connectivity index is 1.69. The maximum atomic E-state index is 12.8. The second-order valence-corrected chi connectivity index (χ2v) is 7.60. The van der Waals surface area contributed by atoms with Crippen LogP contribution in [-0.4, -0.2) is 27.7 Å². The van der Waals surface area contributed by atoms with Gasteiger partial charge >= 0.3 is 0 Å². The van der Waals surface area contributed by atoms with Crippen molar-refractivity contribution >= 4 is 23.1 Å². The van der Waals surface area contributed by atoms with Gasteiger partial charge in [-0.05, 0) is 42.0 Å². The lowest BCUT2D eigenvalue weighted by Crippen LogP contribution is -2.31. The molecule has 27 heavy (non-hydrogen) atoms. The number of Topliss-reactive ketones (excluding diaryl/α,β-unsaturated/α-hetero) is 1. The molecule has 1 unspecified atom stereocenters. The molecule has 0 saturated heterocycles. The van der Waals surface area contributed by atoms with Gasteiger partial charge in [0, 0.05) is 17.7 Å². The van der Waals surface area contributed by atoms with Gasteiger partial charge in [0.2, 0.25) is 5.95 Å². The van der Waals surface area contributed by atoms with Crippen LogP contribution in [0.3, 0.4) is 0 Å². The fourth-order valence-electron chi connectivity index (χ4n) is 3.79. The standard InChI is InChI=1S/C20H18N4O2S/c1-26-13-6-2-5-12(11-13)18-17-14(7-3-8-15(17)25)21-20-22-19(23-24(18)20)16-9-4-10-27-16/h2,4-6,9-11,18H,3,7-8H2,1H3,(H,21,22,23). The van der Waals surface area contributed by atoms with Crippen molar-refractivity contribution in [1.82, 2.24) is 14.8 Å². The Bertz CT molecular complexity index is 1050. The van der Waals surface area contributed by atoms with Crippen molar-refractivity contribution in [3.8, 4) is 16.5 Å². The van der Waals surface area contributed by atoms with Gasteiger partial charge in [-0.25, -0.2) is 4.68 Å². The summed E-state index contributed by atoms with van der Waals surface area (Å²) in [6.07, 6.45) is 2.28. The van der Waals surface area contributed by atoms with Crippen LogP contribution in [0.4, 0.5) is 5.95 Å². The third-order valence-corrected chi connectivity index (χ3v) is 5.89. The number of ketones is 1. The molecule has 0 fully saturated rings. The summed E-state index contributed by atoms with van der Waals surface area (Å²) in [5, 5.41) is 10.1. The lowest BCUT2D eigenvalue weighted by Gasteiger charge is -2.32. The predicted molar refractivity (Wildman–Crippen MR) is 104 cm³/mol. The molecular formula is C20H18N4O2S. The highest BCUT2D eigenvalue weighted by molar-refractivity contribution is 7.13. The number of thiophene rings is 1. The monoisotopic (exact) mass is 378 g/mol. The summed E-state index contributed by atoms with van der Waals surface area (Å²) in [6.45, 7) is 0. The number of carbonyl (C=O) groups is 1. The van der Waals surface area contributed by atoms with Crippen LogP contribution < -0.4 is 10.1 Å². The van der Waals surface area contributed by atoms with Crippen LogP contribution in [0.2, 0.25) is 0 Å². The Morgan fingerprint density at radius 2 is 2.19 bits per heavy atom. The normalized spacial score (nSPS) is 18.7. The van der Waals surface area contributed by atoms with Crippen LogP contribution >= 0.6 is 11.3 Å². The molecule has 5 rings (SSSR count). The van der Waals surface area contributed by atoms with Gasteiger partial charge in [0.1, 0.15) is 11.8 Å². The molecule has 0 spiro atoms. The maximum absolute atomic E-state index is 12.8. The molecule has 3 heterocycles. The number of aromatic nitrogens is 3.